The normalized spacial score (nSPS) is 10.8. The van der Waals surface area contributed by atoms with E-state index in [1.807, 2.05) is 24.3 Å². The maximum Gasteiger partial charge on any atom is 0.0624 e. The standard InChI is InChI=1S/C16H17N3/c1-19(11-12-5-4-6-13(17)9-12)16-10-18-15-8-3-2-7-14(15)16/h2-10,18H,11,17H2,1H3. The Kier molecular flexibility index (Phi) is 2.88. The lowest BCUT2D eigenvalue weighted by molar-refractivity contribution is 0.928. The molecule has 19 heavy (non-hydrogen) atoms. The zero-order chi connectivity index (χ0) is 13.2. The van der Waals surface area contributed by atoms with Gasteiger partial charge in [0, 0.05) is 36.4 Å². The molecular formula is C16H17N3. The van der Waals surface area contributed by atoms with Crippen molar-refractivity contribution in [3.8, 4) is 0 Å². The summed E-state index contributed by atoms with van der Waals surface area (Å²) >= 11 is 0. The number of hydrogen-bond donors (Lipinski definition) is 2. The van der Waals surface area contributed by atoms with Crippen LogP contribution >= 0.6 is 0 Å². The second-order valence-electron chi connectivity index (χ2n) is 4.82. The van der Waals surface area contributed by atoms with Crippen LogP contribution in [0, 0.1) is 0 Å². The molecule has 3 rings (SSSR count). The second kappa shape index (κ2) is 4.69. The SMILES string of the molecule is CN(Cc1cccc(N)c1)c1c[nH]c2ccccc12. The van der Waals surface area contributed by atoms with E-state index in [1.165, 1.54) is 16.6 Å². The van der Waals surface area contributed by atoms with Crippen LogP contribution in [-0.2, 0) is 6.54 Å². The molecule has 3 N–H and O–H groups in total. The number of aromatic nitrogens is 1. The summed E-state index contributed by atoms with van der Waals surface area (Å²) in [5.74, 6) is 0. The zero-order valence-corrected chi connectivity index (χ0v) is 10.9. The number of hydrogen-bond acceptors (Lipinski definition) is 2. The first-order valence-corrected chi connectivity index (χ1v) is 6.36. The zero-order valence-electron chi connectivity index (χ0n) is 10.9. The number of H-pyrrole nitrogens is 1. The van der Waals surface area contributed by atoms with Gasteiger partial charge in [-0.3, -0.25) is 0 Å². The Morgan fingerprint density at radius 3 is 2.79 bits per heavy atom. The van der Waals surface area contributed by atoms with Gasteiger partial charge in [0.2, 0.25) is 0 Å². The number of aromatic amines is 1. The van der Waals surface area contributed by atoms with E-state index in [-0.39, 0.29) is 0 Å². The second-order valence-corrected chi connectivity index (χ2v) is 4.82. The summed E-state index contributed by atoms with van der Waals surface area (Å²) in [6.07, 6.45) is 2.05. The largest absolute Gasteiger partial charge is 0.399 e. The molecule has 0 radical (unpaired) electrons. The first kappa shape index (κ1) is 11.7. The number of anilines is 2. The Morgan fingerprint density at radius 2 is 1.95 bits per heavy atom. The minimum absolute atomic E-state index is 0.810. The molecule has 0 bridgehead atoms. The van der Waals surface area contributed by atoms with Crippen LogP contribution in [0.25, 0.3) is 10.9 Å². The van der Waals surface area contributed by atoms with Gasteiger partial charge in [0.25, 0.3) is 0 Å². The van der Waals surface area contributed by atoms with Crippen LogP contribution in [0.5, 0.6) is 0 Å². The number of nitrogens with zero attached hydrogens (tertiary/aromatic N) is 1. The number of rotatable bonds is 3. The predicted octanol–water partition coefficient (Wildman–Crippen LogP) is 3.39. The van der Waals surface area contributed by atoms with Crippen LogP contribution in [0.15, 0.2) is 54.7 Å². The van der Waals surface area contributed by atoms with Crippen molar-refractivity contribution in [2.75, 3.05) is 17.7 Å². The van der Waals surface area contributed by atoms with Gasteiger partial charge in [-0.05, 0) is 23.8 Å². The van der Waals surface area contributed by atoms with Crippen LogP contribution in [0.1, 0.15) is 5.56 Å². The van der Waals surface area contributed by atoms with Gasteiger partial charge in [-0.2, -0.15) is 0 Å². The first-order chi connectivity index (χ1) is 9.24. The van der Waals surface area contributed by atoms with Crippen molar-refractivity contribution in [3.05, 3.63) is 60.3 Å². The molecule has 3 aromatic rings. The summed E-state index contributed by atoms with van der Waals surface area (Å²) in [5, 5.41) is 1.24. The molecule has 0 amide bonds. The van der Waals surface area contributed by atoms with Gasteiger partial charge in [0.05, 0.1) is 5.69 Å². The van der Waals surface area contributed by atoms with Gasteiger partial charge >= 0.3 is 0 Å². The lowest BCUT2D eigenvalue weighted by atomic mass is 10.1. The van der Waals surface area contributed by atoms with Crippen LogP contribution in [0.4, 0.5) is 11.4 Å². The predicted molar refractivity (Wildman–Crippen MR) is 81.3 cm³/mol. The maximum atomic E-state index is 5.82. The third-order valence-corrected chi connectivity index (χ3v) is 3.35. The van der Waals surface area contributed by atoms with Gasteiger partial charge < -0.3 is 15.6 Å². The Balaban J connectivity index is 1.90. The Morgan fingerprint density at radius 1 is 1.11 bits per heavy atom. The van der Waals surface area contributed by atoms with Gasteiger partial charge in [0.15, 0.2) is 0 Å². The van der Waals surface area contributed by atoms with Crippen molar-refractivity contribution in [1.82, 2.24) is 4.98 Å². The highest BCUT2D eigenvalue weighted by Crippen LogP contribution is 2.26. The molecule has 0 aliphatic carbocycles. The van der Waals surface area contributed by atoms with Crippen LogP contribution in [0.3, 0.4) is 0 Å². The summed E-state index contributed by atoms with van der Waals surface area (Å²) in [5.41, 5.74) is 10.2. The number of nitrogen functional groups attached to an aromatic ring is 1. The summed E-state index contributed by atoms with van der Waals surface area (Å²) in [7, 11) is 2.10. The van der Waals surface area contributed by atoms with Crippen LogP contribution in [0.2, 0.25) is 0 Å². The molecule has 1 aromatic heterocycles. The highest BCUT2D eigenvalue weighted by molar-refractivity contribution is 5.92. The monoisotopic (exact) mass is 251 g/mol. The molecule has 0 aliphatic heterocycles. The van der Waals surface area contributed by atoms with E-state index in [2.05, 4.69) is 47.4 Å². The minimum Gasteiger partial charge on any atom is -0.399 e. The third-order valence-electron chi connectivity index (χ3n) is 3.35. The molecule has 3 heteroatoms. The van der Waals surface area contributed by atoms with E-state index in [4.69, 9.17) is 5.73 Å². The number of nitrogens with one attached hydrogen (secondary N) is 1. The molecule has 0 saturated heterocycles. The maximum absolute atomic E-state index is 5.82. The lowest BCUT2D eigenvalue weighted by Crippen LogP contribution is -2.15. The summed E-state index contributed by atoms with van der Waals surface area (Å²) < 4.78 is 0. The van der Waals surface area contributed by atoms with Crippen molar-refractivity contribution in [1.29, 1.82) is 0 Å². The Hall–Kier alpha value is -2.42. The van der Waals surface area contributed by atoms with E-state index in [0.29, 0.717) is 0 Å². The average molecular weight is 251 g/mol. The summed E-state index contributed by atoms with van der Waals surface area (Å²) in [4.78, 5) is 5.53. The number of fused-ring (bicyclic) bond motifs is 1. The molecule has 3 nitrogen and oxygen atoms in total. The fourth-order valence-electron chi connectivity index (χ4n) is 2.42. The van der Waals surface area contributed by atoms with E-state index in [0.717, 1.165) is 17.7 Å². The van der Waals surface area contributed by atoms with Crippen molar-refractivity contribution in [2.24, 2.45) is 0 Å². The molecule has 96 valence electrons. The number of benzene rings is 2. The van der Waals surface area contributed by atoms with Gasteiger partial charge in [-0.25, -0.2) is 0 Å². The van der Waals surface area contributed by atoms with Crippen LogP contribution < -0.4 is 10.6 Å². The van der Waals surface area contributed by atoms with Gasteiger partial charge in [-0.1, -0.05) is 30.3 Å². The topological polar surface area (TPSA) is 45.0 Å². The fraction of sp³-hybridized carbons (Fsp3) is 0.125. The van der Waals surface area contributed by atoms with Gasteiger partial charge in [0.1, 0.15) is 0 Å². The Bertz CT molecular complexity index is 700. The lowest BCUT2D eigenvalue weighted by Gasteiger charge is -2.18. The molecule has 2 aromatic carbocycles. The molecule has 1 heterocycles. The molecule has 0 spiro atoms. The number of para-hydroxylation sites is 1. The molecular weight excluding hydrogens is 234 g/mol. The van der Waals surface area contributed by atoms with Crippen molar-refractivity contribution in [2.45, 2.75) is 6.54 Å². The molecule has 0 aliphatic rings. The van der Waals surface area contributed by atoms with E-state index < -0.39 is 0 Å². The number of nitrogens with two attached hydrogens (primary N) is 1. The molecule has 0 atom stereocenters. The smallest absolute Gasteiger partial charge is 0.0624 e. The molecule has 0 fully saturated rings. The highest BCUT2D eigenvalue weighted by atomic mass is 15.1. The first-order valence-electron chi connectivity index (χ1n) is 6.36. The average Bonchev–Trinajstić information content (AvgIpc) is 2.82. The highest BCUT2D eigenvalue weighted by Gasteiger charge is 2.08. The fourth-order valence-corrected chi connectivity index (χ4v) is 2.42. The summed E-state index contributed by atoms with van der Waals surface area (Å²) in [6.45, 7) is 0.840. The van der Waals surface area contributed by atoms with E-state index in [9.17, 15) is 0 Å². The quantitative estimate of drug-likeness (QED) is 0.701. The third kappa shape index (κ3) is 2.27. The van der Waals surface area contributed by atoms with Crippen molar-refractivity contribution in [3.63, 3.8) is 0 Å². The van der Waals surface area contributed by atoms with Crippen LogP contribution in [-0.4, -0.2) is 12.0 Å². The molecule has 0 saturated carbocycles. The minimum atomic E-state index is 0.810. The van der Waals surface area contributed by atoms with Gasteiger partial charge in [-0.15, -0.1) is 0 Å². The van der Waals surface area contributed by atoms with E-state index in [1.54, 1.807) is 0 Å². The van der Waals surface area contributed by atoms with Crippen molar-refractivity contribution >= 4 is 22.3 Å². The van der Waals surface area contributed by atoms with E-state index >= 15 is 0 Å². The Labute approximate surface area is 112 Å². The summed E-state index contributed by atoms with van der Waals surface area (Å²) in [6, 6.07) is 16.4. The molecule has 0 unspecified atom stereocenters. The van der Waals surface area contributed by atoms with Crippen molar-refractivity contribution < 1.29 is 0 Å².